The predicted molar refractivity (Wildman–Crippen MR) is 46.7 cm³/mol. The molecule has 0 aliphatic heterocycles. The lowest BCUT2D eigenvalue weighted by atomic mass is 10.1. The first-order valence-electron chi connectivity index (χ1n) is 4.01. The van der Waals surface area contributed by atoms with E-state index in [1.807, 2.05) is 0 Å². The molecule has 0 aromatic rings. The number of unbranched alkanes of at least 4 members (excludes halogenated alkanes) is 1. The van der Waals surface area contributed by atoms with Gasteiger partial charge in [0.05, 0.1) is 0 Å². The summed E-state index contributed by atoms with van der Waals surface area (Å²) in [6.07, 6.45) is 9.68. The third-order valence-electron chi connectivity index (χ3n) is 1.46. The molecule has 0 N–H and O–H groups in total. The molecule has 0 saturated carbocycles. The Kier molecular flexibility index (Phi) is 6.25. The molecule has 0 heteroatoms. The molecule has 0 heterocycles. The monoisotopic (exact) mass is 137 g/mol. The molecular weight excluding hydrogens is 120 g/mol. The van der Waals surface area contributed by atoms with Crippen LogP contribution in [0.25, 0.3) is 0 Å². The van der Waals surface area contributed by atoms with E-state index in [1.165, 1.54) is 12.8 Å². The SMILES string of the molecule is [CH]=CC(C)CC=CCCC. The maximum absolute atomic E-state index is 5.33. The zero-order valence-corrected chi connectivity index (χ0v) is 7.01. The number of hydrogen-bond donors (Lipinski definition) is 0. The van der Waals surface area contributed by atoms with E-state index in [4.69, 9.17) is 6.58 Å². The van der Waals surface area contributed by atoms with Gasteiger partial charge in [-0.3, -0.25) is 0 Å². The van der Waals surface area contributed by atoms with Gasteiger partial charge >= 0.3 is 0 Å². The van der Waals surface area contributed by atoms with E-state index in [0.717, 1.165) is 6.42 Å². The summed E-state index contributed by atoms with van der Waals surface area (Å²) in [6, 6.07) is 0. The van der Waals surface area contributed by atoms with Crippen molar-refractivity contribution in [3.63, 3.8) is 0 Å². The van der Waals surface area contributed by atoms with E-state index < -0.39 is 0 Å². The Hall–Kier alpha value is -0.520. The average Bonchev–Trinajstić information content (AvgIpc) is 1.98. The van der Waals surface area contributed by atoms with Gasteiger partial charge in [-0.05, 0) is 18.8 Å². The van der Waals surface area contributed by atoms with Crippen molar-refractivity contribution < 1.29 is 0 Å². The summed E-state index contributed by atoms with van der Waals surface area (Å²) in [6.45, 7) is 9.63. The van der Waals surface area contributed by atoms with Crippen molar-refractivity contribution >= 4 is 0 Å². The molecule has 10 heavy (non-hydrogen) atoms. The lowest BCUT2D eigenvalue weighted by molar-refractivity contribution is 0.742. The molecule has 1 unspecified atom stereocenters. The van der Waals surface area contributed by atoms with Crippen LogP contribution < -0.4 is 0 Å². The van der Waals surface area contributed by atoms with Gasteiger partial charge < -0.3 is 0 Å². The average molecular weight is 137 g/mol. The maximum Gasteiger partial charge on any atom is -0.0224 e. The Morgan fingerprint density at radius 1 is 1.40 bits per heavy atom. The topological polar surface area (TPSA) is 0 Å². The smallest absolute Gasteiger partial charge is 0.0224 e. The van der Waals surface area contributed by atoms with Gasteiger partial charge in [-0.1, -0.05) is 45.1 Å². The first-order valence-corrected chi connectivity index (χ1v) is 4.01. The summed E-state index contributed by atoms with van der Waals surface area (Å²) in [5.74, 6) is 0.521. The quantitative estimate of drug-likeness (QED) is 0.510. The van der Waals surface area contributed by atoms with Gasteiger partial charge in [0.2, 0.25) is 0 Å². The molecule has 0 aliphatic carbocycles. The van der Waals surface area contributed by atoms with Crippen molar-refractivity contribution in [2.24, 2.45) is 5.92 Å². The molecule has 0 saturated heterocycles. The van der Waals surface area contributed by atoms with Crippen LogP contribution in [0, 0.1) is 12.5 Å². The van der Waals surface area contributed by atoms with Crippen molar-refractivity contribution in [2.75, 3.05) is 0 Å². The molecule has 0 spiro atoms. The molecule has 0 aliphatic rings. The highest BCUT2D eigenvalue weighted by atomic mass is 13.9. The minimum Gasteiger partial charge on any atom is -0.0885 e. The summed E-state index contributed by atoms with van der Waals surface area (Å²) in [7, 11) is 0. The van der Waals surface area contributed by atoms with E-state index in [9.17, 15) is 0 Å². The second kappa shape index (κ2) is 6.60. The van der Waals surface area contributed by atoms with Gasteiger partial charge in [-0.15, -0.1) is 0 Å². The predicted octanol–water partition coefficient (Wildman–Crippen LogP) is 3.36. The number of hydrogen-bond acceptors (Lipinski definition) is 0. The minimum atomic E-state index is 0.521. The van der Waals surface area contributed by atoms with Crippen LogP contribution in [0.3, 0.4) is 0 Å². The van der Waals surface area contributed by atoms with Crippen LogP contribution in [0.1, 0.15) is 33.1 Å². The standard InChI is InChI=1S/C10H17/c1-4-6-7-8-9-10(3)5-2/h2,5,7-8,10H,4,6,9H2,1,3H3. The van der Waals surface area contributed by atoms with Crippen molar-refractivity contribution in [2.45, 2.75) is 33.1 Å². The maximum atomic E-state index is 5.33. The molecule has 0 aromatic carbocycles. The molecule has 0 nitrogen and oxygen atoms in total. The van der Waals surface area contributed by atoms with E-state index >= 15 is 0 Å². The third-order valence-corrected chi connectivity index (χ3v) is 1.46. The summed E-state index contributed by atoms with van der Waals surface area (Å²) < 4.78 is 0. The van der Waals surface area contributed by atoms with Gasteiger partial charge in [0.1, 0.15) is 0 Å². The Bertz CT molecular complexity index is 101. The molecule has 0 amide bonds. The van der Waals surface area contributed by atoms with Gasteiger partial charge in [-0.2, -0.15) is 0 Å². The second-order valence-corrected chi connectivity index (χ2v) is 2.67. The van der Waals surface area contributed by atoms with Crippen LogP contribution in [0.2, 0.25) is 0 Å². The van der Waals surface area contributed by atoms with Crippen LogP contribution in [-0.2, 0) is 0 Å². The summed E-state index contributed by atoms with van der Waals surface area (Å²) >= 11 is 0. The highest BCUT2D eigenvalue weighted by Gasteiger charge is 1.88. The number of rotatable bonds is 5. The molecule has 0 bridgehead atoms. The summed E-state index contributed by atoms with van der Waals surface area (Å²) in [4.78, 5) is 0. The molecule has 0 aromatic heterocycles. The first-order chi connectivity index (χ1) is 4.81. The van der Waals surface area contributed by atoms with Crippen LogP contribution >= 0.6 is 0 Å². The minimum absolute atomic E-state index is 0.521. The molecular formula is C10H17. The lowest BCUT2D eigenvalue weighted by Crippen LogP contribution is -1.83. The van der Waals surface area contributed by atoms with Gasteiger partial charge in [0.15, 0.2) is 0 Å². The van der Waals surface area contributed by atoms with E-state index in [2.05, 4.69) is 26.0 Å². The van der Waals surface area contributed by atoms with Crippen molar-refractivity contribution in [1.82, 2.24) is 0 Å². The molecule has 0 fully saturated rings. The van der Waals surface area contributed by atoms with Gasteiger partial charge in [0.25, 0.3) is 0 Å². The lowest BCUT2D eigenvalue weighted by Gasteiger charge is -1.97. The van der Waals surface area contributed by atoms with Gasteiger partial charge in [-0.25, -0.2) is 0 Å². The Labute approximate surface area is 64.6 Å². The van der Waals surface area contributed by atoms with Crippen LogP contribution in [-0.4, -0.2) is 0 Å². The van der Waals surface area contributed by atoms with E-state index in [0.29, 0.717) is 5.92 Å². The van der Waals surface area contributed by atoms with Crippen LogP contribution in [0.15, 0.2) is 18.2 Å². The van der Waals surface area contributed by atoms with E-state index in [1.54, 1.807) is 6.08 Å². The normalized spacial score (nSPS) is 13.8. The fourth-order valence-corrected chi connectivity index (χ4v) is 0.674. The number of allylic oxidation sites excluding steroid dienone is 3. The molecule has 0 rings (SSSR count). The molecule has 1 atom stereocenters. The Balaban J connectivity index is 3.24. The highest BCUT2D eigenvalue weighted by Crippen LogP contribution is 2.03. The van der Waals surface area contributed by atoms with Gasteiger partial charge in [0, 0.05) is 0 Å². The third kappa shape index (κ3) is 5.61. The van der Waals surface area contributed by atoms with Crippen molar-refractivity contribution in [3.05, 3.63) is 24.8 Å². The Morgan fingerprint density at radius 2 is 2.10 bits per heavy atom. The zero-order valence-electron chi connectivity index (χ0n) is 7.01. The largest absolute Gasteiger partial charge is 0.0885 e. The van der Waals surface area contributed by atoms with E-state index in [-0.39, 0.29) is 0 Å². The van der Waals surface area contributed by atoms with Crippen molar-refractivity contribution in [1.29, 1.82) is 0 Å². The fraction of sp³-hybridized carbons (Fsp3) is 0.600. The van der Waals surface area contributed by atoms with Crippen molar-refractivity contribution in [3.8, 4) is 0 Å². The second-order valence-electron chi connectivity index (χ2n) is 2.67. The molecule has 1 radical (unpaired) electrons. The first kappa shape index (κ1) is 9.48. The highest BCUT2D eigenvalue weighted by molar-refractivity contribution is 4.86. The Morgan fingerprint density at radius 3 is 2.60 bits per heavy atom. The summed E-state index contributed by atoms with van der Waals surface area (Å²) in [5.41, 5.74) is 0. The fourth-order valence-electron chi connectivity index (χ4n) is 0.674. The van der Waals surface area contributed by atoms with Crippen LogP contribution in [0.5, 0.6) is 0 Å². The van der Waals surface area contributed by atoms with Crippen LogP contribution in [0.4, 0.5) is 0 Å². The summed E-state index contributed by atoms with van der Waals surface area (Å²) in [5, 5.41) is 0. The zero-order chi connectivity index (χ0) is 7.82. The molecule has 57 valence electrons.